The average Bonchev–Trinajstić information content (AvgIpc) is 2.49. The Kier molecular flexibility index (Phi) is 2.08. The van der Waals surface area contributed by atoms with Crippen LogP contribution in [0.15, 0.2) is 12.3 Å². The number of aromatic nitrogens is 1. The van der Waals surface area contributed by atoms with E-state index in [1.807, 2.05) is 6.20 Å². The molecule has 2 rings (SSSR count). The van der Waals surface area contributed by atoms with Crippen molar-refractivity contribution < 1.29 is 9.90 Å². The van der Waals surface area contributed by atoms with Gasteiger partial charge in [-0.05, 0) is 36.8 Å². The molecule has 0 aromatic carbocycles. The van der Waals surface area contributed by atoms with Crippen LogP contribution >= 0.6 is 0 Å². The maximum atomic E-state index is 10.5. The predicted molar refractivity (Wildman–Crippen MR) is 48.6 cm³/mol. The Hall–Kier alpha value is -1.25. The van der Waals surface area contributed by atoms with Crippen molar-refractivity contribution in [3.63, 3.8) is 0 Å². The van der Waals surface area contributed by atoms with Crippen LogP contribution in [0.5, 0.6) is 0 Å². The zero-order valence-electron chi connectivity index (χ0n) is 7.42. The highest BCUT2D eigenvalue weighted by Gasteiger charge is 2.21. The normalized spacial score (nSPS) is 21.1. The second kappa shape index (κ2) is 3.24. The van der Waals surface area contributed by atoms with Crippen molar-refractivity contribution in [2.45, 2.75) is 25.7 Å². The van der Waals surface area contributed by atoms with Crippen molar-refractivity contribution in [3.8, 4) is 0 Å². The molecular weight excluding hydrogens is 166 g/mol. The standard InChI is InChI=1S/C10H13NO2/c12-10(13)6-7-1-2-8-3-4-11-9(8)5-7/h3-4,7,11H,1-2,5-6H2,(H,12,13). The molecule has 1 heterocycles. The van der Waals surface area contributed by atoms with Gasteiger partial charge in [0.1, 0.15) is 0 Å². The molecule has 1 aromatic rings. The first kappa shape index (κ1) is 8.35. The first-order valence-electron chi connectivity index (χ1n) is 4.62. The van der Waals surface area contributed by atoms with Gasteiger partial charge in [-0.2, -0.15) is 0 Å². The molecule has 0 saturated carbocycles. The molecule has 0 aliphatic heterocycles. The third-order valence-corrected chi connectivity index (χ3v) is 2.71. The van der Waals surface area contributed by atoms with E-state index in [2.05, 4.69) is 11.1 Å². The number of hydrogen-bond acceptors (Lipinski definition) is 1. The van der Waals surface area contributed by atoms with Gasteiger partial charge in [-0.1, -0.05) is 0 Å². The molecule has 1 unspecified atom stereocenters. The third kappa shape index (κ3) is 1.74. The van der Waals surface area contributed by atoms with E-state index in [9.17, 15) is 4.79 Å². The van der Waals surface area contributed by atoms with E-state index in [1.165, 1.54) is 11.3 Å². The number of rotatable bonds is 2. The molecule has 1 atom stereocenters. The zero-order chi connectivity index (χ0) is 9.26. The number of fused-ring (bicyclic) bond motifs is 1. The highest BCUT2D eigenvalue weighted by molar-refractivity contribution is 5.67. The number of carboxylic acids is 1. The van der Waals surface area contributed by atoms with Crippen LogP contribution < -0.4 is 0 Å². The number of aryl methyl sites for hydroxylation is 1. The molecule has 0 bridgehead atoms. The highest BCUT2D eigenvalue weighted by Crippen LogP contribution is 2.26. The molecule has 13 heavy (non-hydrogen) atoms. The monoisotopic (exact) mass is 179 g/mol. The lowest BCUT2D eigenvalue weighted by molar-refractivity contribution is -0.138. The van der Waals surface area contributed by atoms with Crippen molar-refractivity contribution >= 4 is 5.97 Å². The van der Waals surface area contributed by atoms with E-state index in [0.29, 0.717) is 12.3 Å². The molecule has 0 spiro atoms. The van der Waals surface area contributed by atoms with E-state index in [1.54, 1.807) is 0 Å². The number of aromatic amines is 1. The van der Waals surface area contributed by atoms with Gasteiger partial charge >= 0.3 is 5.97 Å². The van der Waals surface area contributed by atoms with E-state index in [-0.39, 0.29) is 0 Å². The summed E-state index contributed by atoms with van der Waals surface area (Å²) in [4.78, 5) is 13.7. The fourth-order valence-corrected chi connectivity index (χ4v) is 2.03. The van der Waals surface area contributed by atoms with Crippen molar-refractivity contribution in [1.29, 1.82) is 0 Å². The summed E-state index contributed by atoms with van der Waals surface area (Å²) in [6.07, 6.45) is 5.18. The van der Waals surface area contributed by atoms with E-state index >= 15 is 0 Å². The van der Waals surface area contributed by atoms with Crippen molar-refractivity contribution in [3.05, 3.63) is 23.5 Å². The fourth-order valence-electron chi connectivity index (χ4n) is 2.03. The van der Waals surface area contributed by atoms with Gasteiger partial charge in [0.2, 0.25) is 0 Å². The molecule has 0 saturated heterocycles. The smallest absolute Gasteiger partial charge is 0.303 e. The summed E-state index contributed by atoms with van der Waals surface area (Å²) < 4.78 is 0. The molecule has 0 radical (unpaired) electrons. The fraction of sp³-hybridized carbons (Fsp3) is 0.500. The molecule has 1 aromatic heterocycles. The summed E-state index contributed by atoms with van der Waals surface area (Å²) in [5.41, 5.74) is 2.60. The summed E-state index contributed by atoms with van der Waals surface area (Å²) >= 11 is 0. The average molecular weight is 179 g/mol. The van der Waals surface area contributed by atoms with E-state index in [4.69, 9.17) is 5.11 Å². The first-order chi connectivity index (χ1) is 6.25. The van der Waals surface area contributed by atoms with Crippen molar-refractivity contribution in [1.82, 2.24) is 4.98 Å². The Morgan fingerprint density at radius 2 is 2.54 bits per heavy atom. The minimum atomic E-state index is -0.681. The Morgan fingerprint density at radius 3 is 3.31 bits per heavy atom. The maximum Gasteiger partial charge on any atom is 0.303 e. The summed E-state index contributed by atoms with van der Waals surface area (Å²) in [7, 11) is 0. The summed E-state index contributed by atoms with van der Waals surface area (Å²) in [5, 5.41) is 8.65. The molecule has 0 fully saturated rings. The number of aliphatic carboxylic acids is 1. The molecule has 1 aliphatic rings. The Morgan fingerprint density at radius 1 is 1.69 bits per heavy atom. The van der Waals surface area contributed by atoms with Crippen molar-refractivity contribution in [2.75, 3.05) is 0 Å². The minimum absolute atomic E-state index is 0.304. The SMILES string of the molecule is O=C(O)CC1CCc2cc[nH]c2C1. The summed E-state index contributed by atoms with van der Waals surface area (Å²) in [6.45, 7) is 0. The van der Waals surface area contributed by atoms with Gasteiger partial charge in [0.15, 0.2) is 0 Å². The Balaban J connectivity index is 2.04. The van der Waals surface area contributed by atoms with Gasteiger partial charge < -0.3 is 10.1 Å². The second-order valence-electron chi connectivity index (χ2n) is 3.69. The molecule has 3 heteroatoms. The van der Waals surface area contributed by atoms with Crippen molar-refractivity contribution in [2.24, 2.45) is 5.92 Å². The Labute approximate surface area is 76.8 Å². The lowest BCUT2D eigenvalue weighted by Crippen LogP contribution is -2.16. The van der Waals surface area contributed by atoms with Gasteiger partial charge in [-0.15, -0.1) is 0 Å². The van der Waals surface area contributed by atoms with Crippen LogP contribution in [0.25, 0.3) is 0 Å². The van der Waals surface area contributed by atoms with Gasteiger partial charge in [0, 0.05) is 18.3 Å². The molecule has 1 aliphatic carbocycles. The van der Waals surface area contributed by atoms with E-state index in [0.717, 1.165) is 19.3 Å². The first-order valence-corrected chi connectivity index (χ1v) is 4.62. The lowest BCUT2D eigenvalue weighted by Gasteiger charge is -2.20. The molecule has 0 amide bonds. The lowest BCUT2D eigenvalue weighted by atomic mass is 9.86. The summed E-state index contributed by atoms with van der Waals surface area (Å²) in [5.74, 6) is -0.358. The Bertz CT molecular complexity index is 316. The second-order valence-corrected chi connectivity index (χ2v) is 3.69. The van der Waals surface area contributed by atoms with Crippen LogP contribution in [-0.2, 0) is 17.6 Å². The quantitative estimate of drug-likeness (QED) is 0.724. The number of carbonyl (C=O) groups is 1. The third-order valence-electron chi connectivity index (χ3n) is 2.71. The van der Waals surface area contributed by atoms with Crippen LogP contribution in [0.1, 0.15) is 24.1 Å². The van der Waals surface area contributed by atoms with Crippen LogP contribution in [0.2, 0.25) is 0 Å². The zero-order valence-corrected chi connectivity index (χ0v) is 7.42. The van der Waals surface area contributed by atoms with Crippen LogP contribution in [-0.4, -0.2) is 16.1 Å². The maximum absolute atomic E-state index is 10.5. The van der Waals surface area contributed by atoms with Crippen LogP contribution in [0, 0.1) is 5.92 Å². The number of nitrogens with one attached hydrogen (secondary N) is 1. The largest absolute Gasteiger partial charge is 0.481 e. The molecule has 70 valence electrons. The summed E-state index contributed by atoms with van der Waals surface area (Å²) in [6, 6.07) is 2.09. The number of hydrogen-bond donors (Lipinski definition) is 2. The van der Waals surface area contributed by atoms with Crippen LogP contribution in [0.4, 0.5) is 0 Å². The van der Waals surface area contributed by atoms with Gasteiger partial charge in [-0.25, -0.2) is 0 Å². The topological polar surface area (TPSA) is 53.1 Å². The van der Waals surface area contributed by atoms with Gasteiger partial charge in [0.05, 0.1) is 0 Å². The minimum Gasteiger partial charge on any atom is -0.481 e. The van der Waals surface area contributed by atoms with Gasteiger partial charge in [-0.3, -0.25) is 4.79 Å². The molecule has 3 nitrogen and oxygen atoms in total. The molecular formula is C10H13NO2. The van der Waals surface area contributed by atoms with Crippen LogP contribution in [0.3, 0.4) is 0 Å². The number of H-pyrrole nitrogens is 1. The highest BCUT2D eigenvalue weighted by atomic mass is 16.4. The predicted octanol–water partition coefficient (Wildman–Crippen LogP) is 1.59. The van der Waals surface area contributed by atoms with E-state index < -0.39 is 5.97 Å². The molecule has 2 N–H and O–H groups in total. The van der Waals surface area contributed by atoms with Gasteiger partial charge in [0.25, 0.3) is 0 Å². The number of carboxylic acid groups (broad SMARTS) is 1.